The third kappa shape index (κ3) is 5.96. The number of rotatable bonds is 9. The summed E-state index contributed by atoms with van der Waals surface area (Å²) in [5.41, 5.74) is 1.37. The zero-order valence-corrected chi connectivity index (χ0v) is 16.7. The highest BCUT2D eigenvalue weighted by Gasteiger charge is 2.13. The van der Waals surface area contributed by atoms with Gasteiger partial charge < -0.3 is 14.8 Å². The van der Waals surface area contributed by atoms with Crippen molar-refractivity contribution in [2.24, 2.45) is 0 Å². The fourth-order valence-corrected chi connectivity index (χ4v) is 2.96. The number of aryl methyl sites for hydroxylation is 1. The fourth-order valence-electron chi connectivity index (χ4n) is 2.42. The molecule has 0 aliphatic rings. The summed E-state index contributed by atoms with van der Waals surface area (Å²) < 4.78 is 11.7. The Kier molecular flexibility index (Phi) is 7.60. The van der Waals surface area contributed by atoms with Crippen molar-refractivity contribution in [1.82, 2.24) is 0 Å². The molecule has 0 aliphatic heterocycles. The topological polar surface area (TPSA) is 90.7 Å². The number of amides is 1. The quantitative estimate of drug-likeness (QED) is 0.348. The highest BCUT2D eigenvalue weighted by atomic mass is 79.9. The van der Waals surface area contributed by atoms with E-state index in [1.54, 1.807) is 0 Å². The molecule has 0 aromatic heterocycles. The Bertz CT molecular complexity index is 826. The molecule has 144 valence electrons. The van der Waals surface area contributed by atoms with Crippen molar-refractivity contribution in [3.8, 4) is 11.5 Å². The molecule has 0 saturated heterocycles. The Morgan fingerprint density at radius 1 is 1.22 bits per heavy atom. The van der Waals surface area contributed by atoms with Gasteiger partial charge in [0, 0.05) is 18.6 Å². The largest absolute Gasteiger partial charge is 0.495 e. The first kappa shape index (κ1) is 20.7. The van der Waals surface area contributed by atoms with Crippen molar-refractivity contribution in [2.75, 3.05) is 19.0 Å². The Morgan fingerprint density at radius 2 is 1.96 bits per heavy atom. The lowest BCUT2D eigenvalue weighted by Crippen LogP contribution is -2.13. The van der Waals surface area contributed by atoms with Crippen LogP contribution in [0.25, 0.3) is 0 Å². The van der Waals surface area contributed by atoms with Crippen LogP contribution in [0.15, 0.2) is 40.9 Å². The zero-order valence-electron chi connectivity index (χ0n) is 15.2. The summed E-state index contributed by atoms with van der Waals surface area (Å²) in [4.78, 5) is 22.5. The van der Waals surface area contributed by atoms with Gasteiger partial charge in [0.05, 0.1) is 28.8 Å². The number of halogens is 1. The summed E-state index contributed by atoms with van der Waals surface area (Å²) in [6, 6.07) is 9.97. The molecule has 8 heteroatoms. The van der Waals surface area contributed by atoms with Crippen molar-refractivity contribution in [3.63, 3.8) is 0 Å². The average molecular weight is 437 g/mol. The molecule has 1 N–H and O–H groups in total. The van der Waals surface area contributed by atoms with E-state index in [0.29, 0.717) is 18.8 Å². The summed E-state index contributed by atoms with van der Waals surface area (Å²) in [7, 11) is 1.44. The van der Waals surface area contributed by atoms with Crippen LogP contribution in [0.5, 0.6) is 11.5 Å². The van der Waals surface area contributed by atoms with Crippen molar-refractivity contribution in [1.29, 1.82) is 0 Å². The molecular formula is C19H21BrN2O5. The van der Waals surface area contributed by atoms with E-state index in [1.807, 2.05) is 18.2 Å². The SMILES string of the molecule is CCc1ccc(OCCCC(=O)Nc2cc([N+](=O)[O-])ccc2OC)c(Br)c1. The first-order chi connectivity index (χ1) is 12.9. The summed E-state index contributed by atoms with van der Waals surface area (Å²) in [6.07, 6.45) is 1.67. The Morgan fingerprint density at radius 3 is 2.59 bits per heavy atom. The second kappa shape index (κ2) is 9.91. The number of carbonyl (C=O) groups excluding carboxylic acids is 1. The van der Waals surface area contributed by atoms with E-state index in [4.69, 9.17) is 9.47 Å². The lowest BCUT2D eigenvalue weighted by Gasteiger charge is -2.11. The summed E-state index contributed by atoms with van der Waals surface area (Å²) in [5.74, 6) is 0.830. The Balaban J connectivity index is 1.86. The standard InChI is InChI=1S/C19H21BrN2O5/c1-3-13-6-8-17(15(20)11-13)27-10-4-5-19(23)21-16-12-14(22(24)25)7-9-18(16)26-2/h6-9,11-12H,3-5,10H2,1-2H3,(H,21,23). The van der Waals surface area contributed by atoms with Gasteiger partial charge >= 0.3 is 0 Å². The van der Waals surface area contributed by atoms with Crippen molar-refractivity contribution in [3.05, 3.63) is 56.5 Å². The monoisotopic (exact) mass is 436 g/mol. The second-order valence-electron chi connectivity index (χ2n) is 5.76. The molecule has 27 heavy (non-hydrogen) atoms. The maximum Gasteiger partial charge on any atom is 0.271 e. The van der Waals surface area contributed by atoms with Crippen molar-refractivity contribution < 1.29 is 19.2 Å². The molecule has 0 aliphatic carbocycles. The minimum Gasteiger partial charge on any atom is -0.495 e. The van der Waals surface area contributed by atoms with E-state index in [9.17, 15) is 14.9 Å². The van der Waals surface area contributed by atoms with Crippen molar-refractivity contribution >= 4 is 33.2 Å². The minimum atomic E-state index is -0.523. The van der Waals surface area contributed by atoms with Gasteiger partial charge in [-0.3, -0.25) is 14.9 Å². The van der Waals surface area contributed by atoms with Gasteiger partial charge in [0.25, 0.3) is 5.69 Å². The number of methoxy groups -OCH3 is 1. The second-order valence-corrected chi connectivity index (χ2v) is 6.61. The van der Waals surface area contributed by atoms with Crippen LogP contribution in [0.1, 0.15) is 25.3 Å². The zero-order chi connectivity index (χ0) is 19.8. The van der Waals surface area contributed by atoms with Gasteiger partial charge in [-0.2, -0.15) is 0 Å². The molecule has 1 amide bonds. The van der Waals surface area contributed by atoms with E-state index >= 15 is 0 Å². The van der Waals surface area contributed by atoms with Crippen LogP contribution in [-0.4, -0.2) is 24.5 Å². The van der Waals surface area contributed by atoms with E-state index < -0.39 is 4.92 Å². The molecule has 0 heterocycles. The number of hydrogen-bond acceptors (Lipinski definition) is 5. The molecule has 7 nitrogen and oxygen atoms in total. The molecule has 0 unspecified atom stereocenters. The predicted molar refractivity (Wildman–Crippen MR) is 107 cm³/mol. The summed E-state index contributed by atoms with van der Waals surface area (Å²) in [6.45, 7) is 2.46. The van der Waals surface area contributed by atoms with Crippen molar-refractivity contribution in [2.45, 2.75) is 26.2 Å². The first-order valence-electron chi connectivity index (χ1n) is 8.48. The van der Waals surface area contributed by atoms with E-state index in [1.165, 1.54) is 30.9 Å². The Hall–Kier alpha value is -2.61. The molecule has 0 spiro atoms. The van der Waals surface area contributed by atoms with E-state index in [2.05, 4.69) is 28.2 Å². The van der Waals surface area contributed by atoms with Crippen LogP contribution in [0, 0.1) is 10.1 Å². The maximum absolute atomic E-state index is 12.1. The van der Waals surface area contributed by atoms with Gasteiger partial charge in [-0.1, -0.05) is 13.0 Å². The van der Waals surface area contributed by atoms with Gasteiger partial charge in [0.15, 0.2) is 0 Å². The van der Waals surface area contributed by atoms with Crippen LogP contribution >= 0.6 is 15.9 Å². The van der Waals surface area contributed by atoms with Gasteiger partial charge in [-0.05, 0) is 52.5 Å². The third-order valence-corrected chi connectivity index (χ3v) is 4.50. The van der Waals surface area contributed by atoms with Crippen LogP contribution in [-0.2, 0) is 11.2 Å². The van der Waals surface area contributed by atoms with Crippen LogP contribution < -0.4 is 14.8 Å². The number of ether oxygens (including phenoxy) is 2. The first-order valence-corrected chi connectivity index (χ1v) is 9.27. The molecular weight excluding hydrogens is 416 g/mol. The maximum atomic E-state index is 12.1. The molecule has 2 aromatic rings. The molecule has 0 atom stereocenters. The number of benzene rings is 2. The van der Waals surface area contributed by atoms with Gasteiger partial charge in [0.1, 0.15) is 11.5 Å². The molecule has 0 bridgehead atoms. The number of hydrogen-bond donors (Lipinski definition) is 1. The molecule has 2 aromatic carbocycles. The number of nitrogens with one attached hydrogen (secondary N) is 1. The lowest BCUT2D eigenvalue weighted by molar-refractivity contribution is -0.384. The summed E-state index contributed by atoms with van der Waals surface area (Å²) in [5, 5.41) is 13.5. The fraction of sp³-hybridized carbons (Fsp3) is 0.316. The molecule has 0 saturated carbocycles. The van der Waals surface area contributed by atoms with Crippen LogP contribution in [0.4, 0.5) is 11.4 Å². The molecule has 0 radical (unpaired) electrons. The average Bonchev–Trinajstić information content (AvgIpc) is 2.66. The smallest absolute Gasteiger partial charge is 0.271 e. The highest BCUT2D eigenvalue weighted by Crippen LogP contribution is 2.29. The number of nitro benzene ring substituents is 1. The van der Waals surface area contributed by atoms with E-state index in [0.717, 1.165) is 16.6 Å². The number of nitrogens with zero attached hydrogens (tertiary/aromatic N) is 1. The summed E-state index contributed by atoms with van der Waals surface area (Å²) >= 11 is 3.47. The number of nitro groups is 1. The predicted octanol–water partition coefficient (Wildman–Crippen LogP) is 4.73. The molecule has 0 fully saturated rings. The number of carbonyl (C=O) groups is 1. The Labute approximate surface area is 166 Å². The third-order valence-electron chi connectivity index (χ3n) is 3.88. The van der Waals surface area contributed by atoms with Crippen LogP contribution in [0.3, 0.4) is 0 Å². The number of anilines is 1. The lowest BCUT2D eigenvalue weighted by atomic mass is 10.2. The van der Waals surface area contributed by atoms with Gasteiger partial charge in [-0.15, -0.1) is 0 Å². The normalized spacial score (nSPS) is 10.3. The van der Waals surface area contributed by atoms with Gasteiger partial charge in [-0.25, -0.2) is 0 Å². The minimum absolute atomic E-state index is 0.116. The van der Waals surface area contributed by atoms with Crippen LogP contribution in [0.2, 0.25) is 0 Å². The van der Waals surface area contributed by atoms with Gasteiger partial charge in [0.2, 0.25) is 5.91 Å². The van der Waals surface area contributed by atoms with E-state index in [-0.39, 0.29) is 23.7 Å². The number of non-ortho nitro benzene ring substituents is 1. The molecule has 2 rings (SSSR count). The highest BCUT2D eigenvalue weighted by molar-refractivity contribution is 9.10.